The summed E-state index contributed by atoms with van der Waals surface area (Å²) in [6.45, 7) is 0.938. The van der Waals surface area contributed by atoms with Gasteiger partial charge in [-0.1, -0.05) is 24.6 Å². The summed E-state index contributed by atoms with van der Waals surface area (Å²) in [6, 6.07) is 12.1. The maximum atomic E-state index is 12.2. The quantitative estimate of drug-likeness (QED) is 0.899. The van der Waals surface area contributed by atoms with Gasteiger partial charge in [-0.2, -0.15) is 0 Å². The molecule has 0 radical (unpaired) electrons. The summed E-state index contributed by atoms with van der Waals surface area (Å²) in [5.41, 5.74) is 2.02. The second kappa shape index (κ2) is 7.59. The van der Waals surface area contributed by atoms with E-state index in [1.807, 2.05) is 24.3 Å². The third kappa shape index (κ3) is 4.06. The molecule has 1 amide bonds. The van der Waals surface area contributed by atoms with E-state index in [2.05, 4.69) is 28.1 Å². The summed E-state index contributed by atoms with van der Waals surface area (Å²) in [4.78, 5) is 13.4. The molecule has 112 valence electrons. The Kier molecular flexibility index (Phi) is 5.79. The summed E-state index contributed by atoms with van der Waals surface area (Å²) in [6.07, 6.45) is 3.22. The zero-order valence-electron chi connectivity index (χ0n) is 11.7. The van der Waals surface area contributed by atoms with Crippen LogP contribution < -0.4 is 10.6 Å². The number of amides is 1. The molecule has 5 heteroatoms. The van der Waals surface area contributed by atoms with Gasteiger partial charge in [0.15, 0.2) is 0 Å². The largest absolute Gasteiger partial charge is 0.325 e. The summed E-state index contributed by atoms with van der Waals surface area (Å²) in [5.74, 6) is 0.0769. The Balaban J connectivity index is 0.00000161. The highest BCUT2D eigenvalue weighted by Gasteiger charge is 2.20. The fraction of sp³-hybridized carbons (Fsp3) is 0.312. The number of halogens is 1. The molecule has 1 fully saturated rings. The van der Waals surface area contributed by atoms with Crippen LogP contribution in [0.2, 0.25) is 0 Å². The molecule has 1 aliphatic rings. The zero-order valence-corrected chi connectivity index (χ0v) is 13.3. The van der Waals surface area contributed by atoms with Crippen LogP contribution in [0, 0.1) is 0 Å². The van der Waals surface area contributed by atoms with Gasteiger partial charge in [0.1, 0.15) is 0 Å². The third-order valence-corrected chi connectivity index (χ3v) is 4.48. The number of benzene rings is 1. The molecule has 1 aliphatic heterocycles. The molecule has 0 spiro atoms. The van der Waals surface area contributed by atoms with Crippen molar-refractivity contribution in [3.05, 3.63) is 41.8 Å². The van der Waals surface area contributed by atoms with Crippen molar-refractivity contribution < 1.29 is 4.79 Å². The fourth-order valence-electron chi connectivity index (χ4n) is 2.50. The lowest BCUT2D eigenvalue weighted by Gasteiger charge is -2.22. The molecule has 2 heterocycles. The molecule has 21 heavy (non-hydrogen) atoms. The predicted molar refractivity (Wildman–Crippen MR) is 91.3 cm³/mol. The Bertz CT molecular complexity index is 580. The molecule has 1 saturated heterocycles. The van der Waals surface area contributed by atoms with Crippen LogP contribution in [-0.4, -0.2) is 18.5 Å². The van der Waals surface area contributed by atoms with Crippen molar-refractivity contribution in [1.29, 1.82) is 0 Å². The van der Waals surface area contributed by atoms with Crippen molar-refractivity contribution in [3.63, 3.8) is 0 Å². The maximum absolute atomic E-state index is 12.2. The second-order valence-electron chi connectivity index (χ2n) is 5.05. The molecule has 0 aliphatic carbocycles. The van der Waals surface area contributed by atoms with Gasteiger partial charge in [-0.25, -0.2) is 0 Å². The average Bonchev–Trinajstić information content (AvgIpc) is 3.03. The van der Waals surface area contributed by atoms with E-state index in [1.54, 1.807) is 11.3 Å². The number of hydrogen-bond donors (Lipinski definition) is 2. The molecule has 1 unspecified atom stereocenters. The van der Waals surface area contributed by atoms with Gasteiger partial charge >= 0.3 is 0 Å². The van der Waals surface area contributed by atoms with Crippen LogP contribution in [0.5, 0.6) is 0 Å². The standard InChI is InChI=1S/C16H18N2OS.ClH/c19-16(14-7-1-2-9-17-14)18-13-6-3-5-12(11-13)15-8-4-10-20-15;/h3-6,8,10-11,14,17H,1-2,7,9H2,(H,18,19);1H. The lowest BCUT2D eigenvalue weighted by molar-refractivity contribution is -0.118. The van der Waals surface area contributed by atoms with Gasteiger partial charge in [0.05, 0.1) is 6.04 Å². The summed E-state index contributed by atoms with van der Waals surface area (Å²) in [7, 11) is 0. The minimum Gasteiger partial charge on any atom is -0.325 e. The molecule has 3 nitrogen and oxygen atoms in total. The van der Waals surface area contributed by atoms with E-state index >= 15 is 0 Å². The second-order valence-corrected chi connectivity index (χ2v) is 6.00. The highest BCUT2D eigenvalue weighted by atomic mass is 35.5. The Labute approximate surface area is 135 Å². The monoisotopic (exact) mass is 322 g/mol. The van der Waals surface area contributed by atoms with E-state index in [0.717, 1.165) is 37.1 Å². The van der Waals surface area contributed by atoms with E-state index in [1.165, 1.54) is 4.88 Å². The van der Waals surface area contributed by atoms with Gasteiger partial charge in [0.2, 0.25) is 5.91 Å². The third-order valence-electron chi connectivity index (χ3n) is 3.56. The van der Waals surface area contributed by atoms with E-state index in [9.17, 15) is 4.79 Å². The van der Waals surface area contributed by atoms with Crippen LogP contribution >= 0.6 is 23.7 Å². The van der Waals surface area contributed by atoms with Gasteiger partial charge in [0, 0.05) is 10.6 Å². The normalized spacial score (nSPS) is 17.8. The first-order valence-corrected chi connectivity index (χ1v) is 7.89. The first-order valence-electron chi connectivity index (χ1n) is 7.01. The summed E-state index contributed by atoms with van der Waals surface area (Å²) in [5, 5.41) is 8.35. The van der Waals surface area contributed by atoms with Crippen LogP contribution in [0.4, 0.5) is 5.69 Å². The first kappa shape index (κ1) is 16.0. The SMILES string of the molecule is Cl.O=C(Nc1cccc(-c2cccs2)c1)C1CCCCN1. The number of carbonyl (C=O) groups is 1. The van der Waals surface area contributed by atoms with Crippen molar-refractivity contribution >= 4 is 35.3 Å². The highest BCUT2D eigenvalue weighted by Crippen LogP contribution is 2.26. The minimum atomic E-state index is -0.0471. The molecule has 0 bridgehead atoms. The summed E-state index contributed by atoms with van der Waals surface area (Å²) >= 11 is 1.71. The van der Waals surface area contributed by atoms with Crippen LogP contribution in [-0.2, 0) is 4.79 Å². The minimum absolute atomic E-state index is 0. The van der Waals surface area contributed by atoms with Crippen LogP contribution in [0.25, 0.3) is 10.4 Å². The molecule has 0 saturated carbocycles. The number of piperidine rings is 1. The smallest absolute Gasteiger partial charge is 0.241 e. The first-order chi connectivity index (χ1) is 9.83. The van der Waals surface area contributed by atoms with Crippen molar-refractivity contribution in [1.82, 2.24) is 5.32 Å². The molecule has 1 aromatic heterocycles. The highest BCUT2D eigenvalue weighted by molar-refractivity contribution is 7.13. The molecule has 1 atom stereocenters. The van der Waals surface area contributed by atoms with Crippen molar-refractivity contribution in [3.8, 4) is 10.4 Å². The molecular weight excluding hydrogens is 304 g/mol. The molecule has 2 N–H and O–H groups in total. The Morgan fingerprint density at radius 2 is 2.14 bits per heavy atom. The topological polar surface area (TPSA) is 41.1 Å². The molecule has 2 aromatic rings. The fourth-order valence-corrected chi connectivity index (χ4v) is 3.22. The predicted octanol–water partition coefficient (Wildman–Crippen LogP) is 3.92. The average molecular weight is 323 g/mol. The van der Waals surface area contributed by atoms with Crippen molar-refractivity contribution in [2.45, 2.75) is 25.3 Å². The lowest BCUT2D eigenvalue weighted by atomic mass is 10.0. The van der Waals surface area contributed by atoms with Gasteiger partial charge in [-0.15, -0.1) is 23.7 Å². The van der Waals surface area contributed by atoms with Gasteiger partial charge in [0.25, 0.3) is 0 Å². The van der Waals surface area contributed by atoms with E-state index in [-0.39, 0.29) is 24.4 Å². The molecule has 3 rings (SSSR count). The summed E-state index contributed by atoms with van der Waals surface area (Å²) < 4.78 is 0. The number of thiophene rings is 1. The van der Waals surface area contributed by atoms with E-state index in [0.29, 0.717) is 0 Å². The van der Waals surface area contributed by atoms with Gasteiger partial charge in [-0.3, -0.25) is 4.79 Å². The number of nitrogens with one attached hydrogen (secondary N) is 2. The maximum Gasteiger partial charge on any atom is 0.241 e. The number of hydrogen-bond acceptors (Lipinski definition) is 3. The number of rotatable bonds is 3. The van der Waals surface area contributed by atoms with Crippen LogP contribution in [0.1, 0.15) is 19.3 Å². The lowest BCUT2D eigenvalue weighted by Crippen LogP contribution is -2.43. The molecular formula is C16H19ClN2OS. The van der Waals surface area contributed by atoms with Crippen LogP contribution in [0.15, 0.2) is 41.8 Å². The Morgan fingerprint density at radius 1 is 1.24 bits per heavy atom. The van der Waals surface area contributed by atoms with Gasteiger partial charge in [-0.05, 0) is 48.5 Å². The Morgan fingerprint density at radius 3 is 2.86 bits per heavy atom. The van der Waals surface area contributed by atoms with Crippen molar-refractivity contribution in [2.75, 3.05) is 11.9 Å². The number of carbonyl (C=O) groups excluding carboxylic acids is 1. The van der Waals surface area contributed by atoms with Crippen molar-refractivity contribution in [2.24, 2.45) is 0 Å². The zero-order chi connectivity index (χ0) is 13.8. The Hall–Kier alpha value is -1.36. The molecule has 1 aromatic carbocycles. The van der Waals surface area contributed by atoms with E-state index in [4.69, 9.17) is 0 Å². The van der Waals surface area contributed by atoms with Gasteiger partial charge < -0.3 is 10.6 Å². The number of anilines is 1. The van der Waals surface area contributed by atoms with Crippen LogP contribution in [0.3, 0.4) is 0 Å². The van der Waals surface area contributed by atoms with E-state index < -0.39 is 0 Å².